The average molecular weight is 348 g/mol. The Morgan fingerprint density at radius 3 is 2.52 bits per heavy atom. The highest BCUT2D eigenvalue weighted by Crippen LogP contribution is 2.13. The first kappa shape index (κ1) is 16.5. The van der Waals surface area contributed by atoms with Crippen molar-refractivity contribution >= 4 is 11.5 Å². The number of hydrogen-bond acceptors (Lipinski definition) is 4. The highest BCUT2D eigenvalue weighted by atomic mass is 79.9. The molecular weight excluding hydrogens is 338 g/mol. The minimum atomic E-state index is -0.536. The van der Waals surface area contributed by atoms with Crippen LogP contribution >= 0.6 is 0 Å². The standard InChI is InChI=1S/C14H10N3O3.BrH/c15-9-11-4-6-16(7-5-11)10-14(18)12-2-1-3-13(8-12)17(19)20;/h1-8H,10H2;1H/q+1;/p-1. The zero-order valence-electron chi connectivity index (χ0n) is 10.8. The molecule has 0 amide bonds. The number of benzene rings is 1. The van der Waals surface area contributed by atoms with Crippen molar-refractivity contribution in [3.63, 3.8) is 0 Å². The highest BCUT2D eigenvalue weighted by molar-refractivity contribution is 5.95. The van der Waals surface area contributed by atoms with Crippen molar-refractivity contribution in [2.24, 2.45) is 0 Å². The van der Waals surface area contributed by atoms with Gasteiger partial charge in [-0.3, -0.25) is 14.9 Å². The number of aromatic nitrogens is 1. The molecule has 0 saturated heterocycles. The lowest BCUT2D eigenvalue weighted by molar-refractivity contribution is -0.683. The molecule has 2 aromatic rings. The number of Topliss-reactive ketones (excluding diaryl/α,β-unsaturated/α-hetero) is 1. The quantitative estimate of drug-likeness (QED) is 0.296. The molecule has 1 aromatic heterocycles. The molecule has 0 bridgehead atoms. The van der Waals surface area contributed by atoms with Crippen LogP contribution in [0.25, 0.3) is 0 Å². The number of rotatable bonds is 4. The van der Waals surface area contributed by atoms with Crippen LogP contribution in [0.4, 0.5) is 5.69 Å². The molecule has 2 rings (SSSR count). The second-order valence-electron chi connectivity index (χ2n) is 4.10. The van der Waals surface area contributed by atoms with Gasteiger partial charge in [0.05, 0.1) is 16.6 Å². The Kier molecular flexibility index (Phi) is 5.69. The van der Waals surface area contributed by atoms with Gasteiger partial charge in [0.1, 0.15) is 0 Å². The Labute approximate surface area is 131 Å². The maximum Gasteiger partial charge on any atom is 0.270 e. The zero-order chi connectivity index (χ0) is 14.5. The molecule has 0 aliphatic carbocycles. The van der Waals surface area contributed by atoms with Crippen molar-refractivity contribution in [1.29, 1.82) is 5.26 Å². The Morgan fingerprint density at radius 1 is 1.29 bits per heavy atom. The van der Waals surface area contributed by atoms with Crippen LogP contribution in [0.2, 0.25) is 0 Å². The van der Waals surface area contributed by atoms with Crippen LogP contribution in [0.1, 0.15) is 15.9 Å². The molecule has 7 heteroatoms. The van der Waals surface area contributed by atoms with Gasteiger partial charge in [-0.2, -0.15) is 9.83 Å². The molecule has 0 spiro atoms. The maximum absolute atomic E-state index is 12.0. The predicted molar refractivity (Wildman–Crippen MR) is 68.8 cm³/mol. The number of pyridine rings is 1. The van der Waals surface area contributed by atoms with Gasteiger partial charge in [0.25, 0.3) is 5.69 Å². The molecule has 0 unspecified atom stereocenters. The number of nitro groups is 1. The van der Waals surface area contributed by atoms with Crippen LogP contribution in [0, 0.1) is 21.4 Å². The van der Waals surface area contributed by atoms with Crippen molar-refractivity contribution < 1.29 is 31.3 Å². The third-order valence-electron chi connectivity index (χ3n) is 2.73. The Balaban J connectivity index is 0.00000220. The number of nitriles is 1. The summed E-state index contributed by atoms with van der Waals surface area (Å²) in [5, 5.41) is 19.3. The topological polar surface area (TPSA) is 87.9 Å². The molecule has 0 fully saturated rings. The van der Waals surface area contributed by atoms with Crippen LogP contribution < -0.4 is 21.5 Å². The van der Waals surface area contributed by atoms with Crippen molar-refractivity contribution in [3.8, 4) is 6.07 Å². The summed E-state index contributed by atoms with van der Waals surface area (Å²) >= 11 is 0. The van der Waals surface area contributed by atoms with Gasteiger partial charge < -0.3 is 17.0 Å². The number of halogens is 1. The van der Waals surface area contributed by atoms with Gasteiger partial charge in [0.15, 0.2) is 12.4 Å². The lowest BCUT2D eigenvalue weighted by atomic mass is 10.1. The van der Waals surface area contributed by atoms with E-state index in [-0.39, 0.29) is 40.6 Å². The van der Waals surface area contributed by atoms with E-state index in [9.17, 15) is 14.9 Å². The highest BCUT2D eigenvalue weighted by Gasteiger charge is 2.15. The van der Waals surface area contributed by atoms with Gasteiger partial charge >= 0.3 is 0 Å². The largest absolute Gasteiger partial charge is 1.00 e. The molecule has 1 heterocycles. The van der Waals surface area contributed by atoms with Crippen LogP contribution in [0.15, 0.2) is 48.8 Å². The van der Waals surface area contributed by atoms with Gasteiger partial charge in [-0.15, -0.1) is 0 Å². The minimum absolute atomic E-state index is 0. The van der Waals surface area contributed by atoms with E-state index in [0.717, 1.165) is 0 Å². The summed E-state index contributed by atoms with van der Waals surface area (Å²) in [7, 11) is 0. The molecule has 1 aromatic carbocycles. The van der Waals surface area contributed by atoms with Gasteiger partial charge in [-0.05, 0) is 0 Å². The molecule has 106 valence electrons. The third-order valence-corrected chi connectivity index (χ3v) is 2.73. The smallest absolute Gasteiger partial charge is 0.270 e. The second kappa shape index (κ2) is 7.26. The molecule has 0 atom stereocenters. The van der Waals surface area contributed by atoms with Gasteiger partial charge in [0.2, 0.25) is 12.3 Å². The summed E-state index contributed by atoms with van der Waals surface area (Å²) < 4.78 is 1.61. The number of carbonyl (C=O) groups is 1. The SMILES string of the molecule is N#Cc1cc[n+](CC(=O)c2cccc([N+](=O)[O-])c2)cc1.[Br-]. The van der Waals surface area contributed by atoms with Gasteiger partial charge in [-0.25, -0.2) is 0 Å². The van der Waals surface area contributed by atoms with E-state index in [1.165, 1.54) is 18.2 Å². The first-order chi connectivity index (χ1) is 9.60. The predicted octanol–water partition coefficient (Wildman–Crippen LogP) is -1.36. The van der Waals surface area contributed by atoms with Crippen LogP contribution in [-0.2, 0) is 6.54 Å². The average Bonchev–Trinajstić information content (AvgIpc) is 2.48. The number of hydrogen-bond donors (Lipinski definition) is 0. The fourth-order valence-corrected chi connectivity index (χ4v) is 1.69. The summed E-state index contributed by atoms with van der Waals surface area (Å²) in [5.74, 6) is -0.233. The minimum Gasteiger partial charge on any atom is -1.00 e. The molecular formula is C14H10BrN3O3. The van der Waals surface area contributed by atoms with E-state index in [4.69, 9.17) is 5.26 Å². The van der Waals surface area contributed by atoms with E-state index in [2.05, 4.69) is 0 Å². The number of non-ortho nitro benzene ring substituents is 1. The summed E-state index contributed by atoms with van der Waals surface area (Å²) in [6.07, 6.45) is 3.24. The van der Waals surface area contributed by atoms with Gasteiger partial charge in [0, 0.05) is 29.8 Å². The first-order valence-corrected chi connectivity index (χ1v) is 5.77. The van der Waals surface area contributed by atoms with E-state index < -0.39 is 4.92 Å². The molecule has 0 radical (unpaired) electrons. The fraction of sp³-hybridized carbons (Fsp3) is 0.0714. The van der Waals surface area contributed by atoms with Crippen molar-refractivity contribution in [2.75, 3.05) is 0 Å². The monoisotopic (exact) mass is 347 g/mol. The van der Waals surface area contributed by atoms with Crippen molar-refractivity contribution in [1.82, 2.24) is 0 Å². The van der Waals surface area contributed by atoms with Crippen LogP contribution in [-0.4, -0.2) is 10.7 Å². The summed E-state index contributed by atoms with van der Waals surface area (Å²) in [6, 6.07) is 10.8. The summed E-state index contributed by atoms with van der Waals surface area (Å²) in [6.45, 7) is 0.0624. The number of carbonyl (C=O) groups excluding carboxylic acids is 1. The fourth-order valence-electron chi connectivity index (χ4n) is 1.69. The Bertz CT molecular complexity index is 708. The lowest BCUT2D eigenvalue weighted by Gasteiger charge is -1.98. The van der Waals surface area contributed by atoms with E-state index in [0.29, 0.717) is 5.56 Å². The molecule has 0 N–H and O–H groups in total. The molecule has 0 aliphatic rings. The Morgan fingerprint density at radius 2 is 1.95 bits per heavy atom. The van der Waals surface area contributed by atoms with Crippen molar-refractivity contribution in [3.05, 3.63) is 70.0 Å². The Hall–Kier alpha value is -2.59. The van der Waals surface area contributed by atoms with E-state index >= 15 is 0 Å². The van der Waals surface area contributed by atoms with E-state index in [1.54, 1.807) is 35.2 Å². The number of nitrogens with zero attached hydrogens (tertiary/aromatic N) is 3. The van der Waals surface area contributed by atoms with Crippen LogP contribution in [0.3, 0.4) is 0 Å². The molecule has 0 aliphatic heterocycles. The van der Waals surface area contributed by atoms with Gasteiger partial charge in [-0.1, -0.05) is 12.1 Å². The summed E-state index contributed by atoms with van der Waals surface area (Å²) in [5.41, 5.74) is 0.681. The van der Waals surface area contributed by atoms with E-state index in [1.807, 2.05) is 6.07 Å². The normalized spacial score (nSPS) is 9.29. The van der Waals surface area contributed by atoms with Crippen molar-refractivity contribution in [2.45, 2.75) is 6.54 Å². The zero-order valence-corrected chi connectivity index (χ0v) is 12.4. The third kappa shape index (κ3) is 4.19. The summed E-state index contributed by atoms with van der Waals surface area (Å²) in [4.78, 5) is 22.2. The number of ketones is 1. The number of nitro benzene ring substituents is 1. The lowest BCUT2D eigenvalue weighted by Crippen LogP contribution is -3.00. The molecule has 0 saturated carbocycles. The second-order valence-corrected chi connectivity index (χ2v) is 4.10. The maximum atomic E-state index is 12.0. The van der Waals surface area contributed by atoms with Crippen LogP contribution in [0.5, 0.6) is 0 Å². The molecule has 21 heavy (non-hydrogen) atoms. The molecule has 6 nitrogen and oxygen atoms in total. The first-order valence-electron chi connectivity index (χ1n) is 5.77.